The molecule has 2 aliphatic carbocycles. The Morgan fingerprint density at radius 3 is 2.05 bits per heavy atom. The molecule has 468 valence electrons. The summed E-state index contributed by atoms with van der Waals surface area (Å²) in [6.07, 6.45) is 10.7. The molecule has 4 heterocycles. The number of fused-ring (bicyclic) bond motifs is 1. The number of nitrogens with zero attached hydrogens (tertiary/aromatic N) is 8. The molecule has 5 atom stereocenters. The number of aryl methyl sites for hydroxylation is 2. The first-order valence-electron chi connectivity index (χ1n) is 28.9. The molecular formula is C57H85FN14O12S. The standard InChI is InChI=1S/C57H85FN14O12S/c1-60-53(59)56(76)62-18-16-51(74)64-42-35-47(68(4)36-42)55(75)66-49-39-69(5)54(65-49)57(77)63-17-15-50(73)61-19-24-80-25-26-81-27-28-82-29-30-83-31-32-84-33-34-85(78,79)72-22-20-70(21-23-72)43-12-9-40(10-13-43)44-37-71(38-48(44)67(2)3)46-14-11-41-7-6-8-45(58)52(41)46/h6-10,12-13,35-36,39,41,44,46,48,52H,11,14-34,37-38H2,1-5H3,(H2,59,60)(H,61,73)(H,62,76)(H,63,77)(H,64,74)(H,66,75)/t41?,44-,46?,48?,52?/m1/s1. The number of anilines is 3. The van der Waals surface area contributed by atoms with Crippen LogP contribution in [0.15, 0.2) is 71.8 Å². The molecule has 5 amide bonds. The largest absolute Gasteiger partial charge is 0.379 e. The van der Waals surface area contributed by atoms with Crippen LogP contribution in [0.25, 0.3) is 0 Å². The lowest BCUT2D eigenvalue weighted by molar-refractivity contribution is -0.121. The van der Waals surface area contributed by atoms with Gasteiger partial charge in [-0.15, -0.1) is 0 Å². The smallest absolute Gasteiger partial charge is 0.287 e. The van der Waals surface area contributed by atoms with Crippen LogP contribution in [0.5, 0.6) is 0 Å². The number of piperazine rings is 1. The van der Waals surface area contributed by atoms with Crippen molar-refractivity contribution in [1.29, 1.82) is 0 Å². The van der Waals surface area contributed by atoms with Crippen molar-refractivity contribution in [1.82, 2.24) is 44.2 Å². The van der Waals surface area contributed by atoms with E-state index in [4.69, 9.17) is 29.4 Å². The first-order chi connectivity index (χ1) is 40.9. The molecule has 0 radical (unpaired) electrons. The van der Waals surface area contributed by atoms with E-state index in [-0.39, 0.29) is 105 Å². The van der Waals surface area contributed by atoms with E-state index in [0.717, 1.165) is 31.6 Å². The molecule has 4 unspecified atom stereocenters. The second kappa shape index (κ2) is 32.8. The number of sulfonamides is 1. The van der Waals surface area contributed by atoms with Crippen LogP contribution >= 0.6 is 0 Å². The Hall–Kier alpha value is -6.63. The molecule has 0 spiro atoms. The Morgan fingerprint density at radius 1 is 0.753 bits per heavy atom. The molecule has 4 aliphatic rings. The summed E-state index contributed by atoms with van der Waals surface area (Å²) in [5, 5.41) is 13.2. The highest BCUT2D eigenvalue weighted by Gasteiger charge is 2.46. The fourth-order valence-electron chi connectivity index (χ4n) is 11.0. The number of ether oxygens (including phenoxy) is 5. The Labute approximate surface area is 497 Å². The average molecular weight is 1210 g/mol. The summed E-state index contributed by atoms with van der Waals surface area (Å²) in [6, 6.07) is 10.8. The third kappa shape index (κ3) is 19.4. The highest BCUT2D eigenvalue weighted by molar-refractivity contribution is 7.89. The third-order valence-corrected chi connectivity index (χ3v) is 17.3. The Balaban J connectivity index is 0.640. The fraction of sp³-hybridized carbons (Fsp3) is 0.596. The Morgan fingerprint density at radius 2 is 1.39 bits per heavy atom. The highest BCUT2D eigenvalue weighted by Crippen LogP contribution is 2.45. The van der Waals surface area contributed by atoms with Crippen LogP contribution in [0.1, 0.15) is 58.3 Å². The molecule has 3 aromatic rings. The maximum absolute atomic E-state index is 15.0. The lowest BCUT2D eigenvalue weighted by Gasteiger charge is -2.35. The maximum Gasteiger partial charge on any atom is 0.287 e. The molecule has 85 heavy (non-hydrogen) atoms. The molecule has 0 bridgehead atoms. The molecule has 2 aliphatic heterocycles. The average Bonchev–Trinajstić information content (AvgIpc) is 2.53. The van der Waals surface area contributed by atoms with Crippen molar-refractivity contribution in [3.63, 3.8) is 0 Å². The number of hydrogen-bond acceptors (Lipinski definition) is 17. The van der Waals surface area contributed by atoms with Gasteiger partial charge in [-0.05, 0) is 62.7 Å². The Bertz CT molecular complexity index is 2910. The lowest BCUT2D eigenvalue weighted by Crippen LogP contribution is -2.49. The van der Waals surface area contributed by atoms with Gasteiger partial charge in [-0.25, -0.2) is 17.8 Å². The molecule has 2 saturated heterocycles. The number of hydrogen-bond donors (Lipinski definition) is 6. The topological polar surface area (TPSA) is 300 Å². The second-order valence-electron chi connectivity index (χ2n) is 21.5. The van der Waals surface area contributed by atoms with E-state index in [9.17, 15) is 32.4 Å². The molecule has 7 N–H and O–H groups in total. The number of nitrogens with two attached hydrogens (primary N) is 1. The summed E-state index contributed by atoms with van der Waals surface area (Å²) in [7, 11) is 5.36. The molecule has 1 saturated carbocycles. The van der Waals surface area contributed by atoms with Gasteiger partial charge in [0.15, 0.2) is 11.7 Å². The van der Waals surface area contributed by atoms with E-state index in [1.54, 1.807) is 30.7 Å². The minimum Gasteiger partial charge on any atom is -0.379 e. The predicted molar refractivity (Wildman–Crippen MR) is 319 cm³/mol. The van der Waals surface area contributed by atoms with Gasteiger partial charge in [-0.2, -0.15) is 4.31 Å². The van der Waals surface area contributed by atoms with Crippen molar-refractivity contribution in [2.75, 3.05) is 167 Å². The van der Waals surface area contributed by atoms with Gasteiger partial charge in [0.1, 0.15) is 11.5 Å². The first kappa shape index (κ1) is 65.9. The molecule has 26 nitrogen and oxygen atoms in total. The summed E-state index contributed by atoms with van der Waals surface area (Å²) in [4.78, 5) is 77.1. The number of carbonyl (C=O) groups is 5. The lowest BCUT2D eigenvalue weighted by atomic mass is 9.88. The normalized spacial score (nSPS) is 20.1. The van der Waals surface area contributed by atoms with Crippen LogP contribution in [0, 0.1) is 11.8 Å². The van der Waals surface area contributed by atoms with Gasteiger partial charge >= 0.3 is 0 Å². The van der Waals surface area contributed by atoms with E-state index in [2.05, 4.69) is 95.7 Å². The zero-order valence-electron chi connectivity index (χ0n) is 49.5. The number of likely N-dealkylation sites (N-methyl/N-ethyl adjacent to an activating group) is 1. The monoisotopic (exact) mass is 1210 g/mol. The molecule has 3 fully saturated rings. The van der Waals surface area contributed by atoms with E-state index >= 15 is 4.39 Å². The van der Waals surface area contributed by atoms with Gasteiger partial charge in [-0.1, -0.05) is 24.3 Å². The van der Waals surface area contributed by atoms with E-state index in [1.165, 1.54) is 34.0 Å². The van der Waals surface area contributed by atoms with Crippen molar-refractivity contribution in [3.8, 4) is 0 Å². The predicted octanol–water partition coefficient (Wildman–Crippen LogP) is 1.06. The van der Waals surface area contributed by atoms with Gasteiger partial charge in [0.25, 0.3) is 17.7 Å². The molecule has 1 aromatic carbocycles. The molecular weight excluding hydrogens is 1120 g/mol. The van der Waals surface area contributed by atoms with Crippen LogP contribution in [-0.4, -0.2) is 236 Å². The number of rotatable bonds is 33. The fourth-order valence-corrected chi connectivity index (χ4v) is 12.3. The minimum absolute atomic E-state index is 0.00809. The molecule has 28 heteroatoms. The van der Waals surface area contributed by atoms with E-state index < -0.39 is 33.7 Å². The summed E-state index contributed by atoms with van der Waals surface area (Å²) in [5.41, 5.74) is 8.35. The van der Waals surface area contributed by atoms with Crippen LogP contribution in [0.3, 0.4) is 0 Å². The number of allylic oxidation sites excluding steroid dienone is 3. The van der Waals surface area contributed by atoms with Gasteiger partial charge in [0.2, 0.25) is 27.7 Å². The number of amides is 5. The zero-order valence-corrected chi connectivity index (χ0v) is 50.3. The summed E-state index contributed by atoms with van der Waals surface area (Å²) in [6.45, 7) is 7.16. The van der Waals surface area contributed by atoms with Gasteiger partial charge in [0.05, 0.1) is 77.5 Å². The molecule has 7 rings (SSSR count). The summed E-state index contributed by atoms with van der Waals surface area (Å²) in [5.74, 6) is -1.95. The summed E-state index contributed by atoms with van der Waals surface area (Å²) >= 11 is 0. The number of aliphatic imine (C=N–C) groups is 1. The quantitative estimate of drug-likeness (QED) is 0.0282. The second-order valence-corrected chi connectivity index (χ2v) is 23.6. The minimum atomic E-state index is -3.48. The zero-order chi connectivity index (χ0) is 60.9. The summed E-state index contributed by atoms with van der Waals surface area (Å²) < 4.78 is 73.6. The van der Waals surface area contributed by atoms with Crippen LogP contribution in [-0.2, 0) is 62.2 Å². The number of amidine groups is 1. The number of nitrogens with one attached hydrogen (secondary N) is 5. The highest BCUT2D eigenvalue weighted by atomic mass is 32.2. The number of likely N-dealkylation sites (tertiary alicyclic amines) is 1. The number of carbonyl (C=O) groups excluding carboxylic acids is 5. The van der Waals surface area contributed by atoms with E-state index in [0.29, 0.717) is 96.0 Å². The first-order valence-corrected chi connectivity index (χ1v) is 30.5. The van der Waals surface area contributed by atoms with Gasteiger partial charge in [-0.3, -0.25) is 33.9 Å². The van der Waals surface area contributed by atoms with Crippen molar-refractivity contribution in [3.05, 3.63) is 83.9 Å². The van der Waals surface area contributed by atoms with Gasteiger partial charge in [0, 0.05) is 135 Å². The Kier molecular flexibility index (Phi) is 25.4. The maximum atomic E-state index is 15.0. The number of halogens is 1. The van der Waals surface area contributed by atoms with Gasteiger partial charge < -0.3 is 74.9 Å². The van der Waals surface area contributed by atoms with Crippen molar-refractivity contribution in [2.45, 2.75) is 43.7 Å². The van der Waals surface area contributed by atoms with E-state index in [1.807, 2.05) is 6.08 Å². The number of benzene rings is 1. The molecule has 2 aromatic heterocycles. The van der Waals surface area contributed by atoms with Crippen LogP contribution in [0.2, 0.25) is 0 Å². The van der Waals surface area contributed by atoms with Crippen molar-refractivity contribution < 1.29 is 60.5 Å². The number of imidazole rings is 1. The number of aromatic nitrogens is 3. The van der Waals surface area contributed by atoms with Crippen molar-refractivity contribution >= 4 is 62.6 Å². The van der Waals surface area contributed by atoms with Crippen LogP contribution in [0.4, 0.5) is 21.6 Å². The third-order valence-electron chi connectivity index (χ3n) is 15.5. The SMILES string of the molecule is CN=C(N)C(=O)NCCC(=O)Nc1cc(C(=O)Nc2cn(C)c(C(=O)NCCC(=O)NCCOCCOCCOCCOCCOCCS(=O)(=O)N3CCN(c4ccc([C@H]5CN(C6CCC7C=CC=C(F)C76)CC5N(C)C)cc4)CC3)n2)n(C)c1. The van der Waals surface area contributed by atoms with Crippen LogP contribution < -0.4 is 37.2 Å². The van der Waals surface area contributed by atoms with Crippen molar-refractivity contribution in [2.24, 2.45) is 36.7 Å².